The third-order valence-corrected chi connectivity index (χ3v) is 3.00. The number of carbonyl (C=O) groups excluding carboxylic acids is 2. The smallest absolute Gasteiger partial charge is 0.326 e. The minimum absolute atomic E-state index is 0.215. The summed E-state index contributed by atoms with van der Waals surface area (Å²) >= 11 is 0. The van der Waals surface area contributed by atoms with Gasteiger partial charge in [0, 0.05) is 6.20 Å². The van der Waals surface area contributed by atoms with E-state index in [2.05, 4.69) is 15.6 Å². The highest BCUT2D eigenvalue weighted by atomic mass is 16.5. The number of urea groups is 1. The molecule has 2 heterocycles. The van der Waals surface area contributed by atoms with Gasteiger partial charge in [-0.1, -0.05) is 18.2 Å². The van der Waals surface area contributed by atoms with Crippen molar-refractivity contribution < 1.29 is 14.3 Å². The minimum Gasteiger partial charge on any atom is -0.487 e. The monoisotopic (exact) mass is 295 g/mol. The van der Waals surface area contributed by atoms with E-state index in [1.54, 1.807) is 18.3 Å². The van der Waals surface area contributed by atoms with E-state index in [9.17, 15) is 9.59 Å². The number of imide groups is 1. The van der Waals surface area contributed by atoms with E-state index in [-0.39, 0.29) is 5.70 Å². The molecule has 6 nitrogen and oxygen atoms in total. The Morgan fingerprint density at radius 3 is 2.73 bits per heavy atom. The lowest BCUT2D eigenvalue weighted by molar-refractivity contribution is -0.115. The average molecular weight is 295 g/mol. The van der Waals surface area contributed by atoms with E-state index in [1.807, 2.05) is 36.4 Å². The second-order valence-electron chi connectivity index (χ2n) is 4.65. The maximum Gasteiger partial charge on any atom is 0.326 e. The Morgan fingerprint density at radius 1 is 1.09 bits per heavy atom. The molecule has 0 radical (unpaired) electrons. The molecule has 1 fully saturated rings. The fraction of sp³-hybridized carbons (Fsp3) is 0.0625. The summed E-state index contributed by atoms with van der Waals surface area (Å²) in [5.41, 5.74) is 1.80. The van der Waals surface area contributed by atoms with Crippen LogP contribution in [-0.4, -0.2) is 16.9 Å². The number of pyridine rings is 1. The summed E-state index contributed by atoms with van der Waals surface area (Å²) in [6.45, 7) is 0.359. The van der Waals surface area contributed by atoms with Crippen molar-refractivity contribution in [2.75, 3.05) is 0 Å². The first kappa shape index (κ1) is 13.8. The number of rotatable bonds is 4. The van der Waals surface area contributed by atoms with Gasteiger partial charge in [-0.25, -0.2) is 4.79 Å². The molecular weight excluding hydrogens is 282 g/mol. The Morgan fingerprint density at radius 2 is 2.00 bits per heavy atom. The number of benzene rings is 1. The molecule has 2 aromatic rings. The largest absolute Gasteiger partial charge is 0.487 e. The molecular formula is C16H13N3O3. The van der Waals surface area contributed by atoms with Crippen LogP contribution in [0.15, 0.2) is 54.4 Å². The molecule has 0 saturated carbocycles. The summed E-state index contributed by atoms with van der Waals surface area (Å²) in [5.74, 6) is 0.217. The van der Waals surface area contributed by atoms with Gasteiger partial charge in [-0.15, -0.1) is 0 Å². The highest BCUT2D eigenvalue weighted by Gasteiger charge is 2.22. The van der Waals surface area contributed by atoms with Crippen molar-refractivity contribution in [3.8, 4) is 5.75 Å². The molecule has 0 bridgehead atoms. The molecule has 3 amide bonds. The Balaban J connectivity index is 1.71. The van der Waals surface area contributed by atoms with Gasteiger partial charge in [-0.2, -0.15) is 0 Å². The minimum atomic E-state index is -0.515. The molecule has 1 aromatic carbocycles. The normalized spacial score (nSPS) is 15.5. The van der Waals surface area contributed by atoms with E-state index in [0.29, 0.717) is 12.4 Å². The van der Waals surface area contributed by atoms with Gasteiger partial charge in [0.15, 0.2) is 0 Å². The Kier molecular flexibility index (Phi) is 3.82. The van der Waals surface area contributed by atoms with E-state index >= 15 is 0 Å². The number of amides is 3. The van der Waals surface area contributed by atoms with Gasteiger partial charge >= 0.3 is 6.03 Å². The Hall–Kier alpha value is -3.15. The first-order chi connectivity index (χ1) is 10.7. The second kappa shape index (κ2) is 6.09. The lowest BCUT2D eigenvalue weighted by atomic mass is 10.2. The van der Waals surface area contributed by atoms with Crippen molar-refractivity contribution in [2.45, 2.75) is 6.61 Å². The van der Waals surface area contributed by atoms with Gasteiger partial charge in [-0.05, 0) is 35.9 Å². The fourth-order valence-electron chi connectivity index (χ4n) is 1.98. The molecule has 0 spiro atoms. The molecule has 0 aliphatic carbocycles. The van der Waals surface area contributed by atoms with Crippen molar-refractivity contribution in [3.63, 3.8) is 0 Å². The van der Waals surface area contributed by atoms with Gasteiger partial charge in [0.25, 0.3) is 5.91 Å². The Labute approximate surface area is 126 Å². The number of hydrogen-bond donors (Lipinski definition) is 2. The number of carbonyl (C=O) groups is 2. The molecule has 6 heteroatoms. The van der Waals surface area contributed by atoms with Crippen LogP contribution >= 0.6 is 0 Å². The van der Waals surface area contributed by atoms with Crippen LogP contribution in [0.5, 0.6) is 5.75 Å². The lowest BCUT2D eigenvalue weighted by Crippen LogP contribution is -2.22. The van der Waals surface area contributed by atoms with E-state index < -0.39 is 11.9 Å². The van der Waals surface area contributed by atoms with Crippen LogP contribution in [-0.2, 0) is 11.4 Å². The second-order valence-corrected chi connectivity index (χ2v) is 4.65. The van der Waals surface area contributed by atoms with Crippen LogP contribution in [0, 0.1) is 0 Å². The van der Waals surface area contributed by atoms with Gasteiger partial charge < -0.3 is 10.1 Å². The van der Waals surface area contributed by atoms with Gasteiger partial charge in [0.2, 0.25) is 0 Å². The zero-order valence-electron chi connectivity index (χ0n) is 11.6. The fourth-order valence-corrected chi connectivity index (χ4v) is 1.98. The zero-order valence-corrected chi connectivity index (χ0v) is 11.6. The van der Waals surface area contributed by atoms with E-state index in [1.165, 1.54) is 0 Å². The number of hydrogen-bond acceptors (Lipinski definition) is 4. The maximum atomic E-state index is 11.5. The van der Waals surface area contributed by atoms with Crippen LogP contribution in [0.3, 0.4) is 0 Å². The third kappa shape index (κ3) is 3.29. The highest BCUT2D eigenvalue weighted by Crippen LogP contribution is 2.17. The molecule has 1 aliphatic rings. The average Bonchev–Trinajstić information content (AvgIpc) is 2.84. The van der Waals surface area contributed by atoms with Crippen LogP contribution in [0.2, 0.25) is 0 Å². The number of nitrogens with zero attached hydrogens (tertiary/aromatic N) is 1. The van der Waals surface area contributed by atoms with E-state index in [0.717, 1.165) is 11.3 Å². The quantitative estimate of drug-likeness (QED) is 0.666. The summed E-state index contributed by atoms with van der Waals surface area (Å²) in [5, 5.41) is 4.59. The van der Waals surface area contributed by atoms with Crippen LogP contribution < -0.4 is 15.4 Å². The van der Waals surface area contributed by atoms with Gasteiger partial charge in [0.1, 0.15) is 18.1 Å². The molecule has 22 heavy (non-hydrogen) atoms. The first-order valence-electron chi connectivity index (χ1n) is 6.67. The van der Waals surface area contributed by atoms with Crippen molar-refractivity contribution in [1.29, 1.82) is 0 Å². The van der Waals surface area contributed by atoms with Crippen molar-refractivity contribution in [3.05, 3.63) is 65.6 Å². The molecule has 3 rings (SSSR count). The van der Waals surface area contributed by atoms with Crippen LogP contribution in [0.1, 0.15) is 11.3 Å². The molecule has 1 aromatic heterocycles. The SMILES string of the molecule is O=C1NC(=O)/C(=C\c2cccc(OCc3ccccn3)c2)N1. The van der Waals surface area contributed by atoms with Gasteiger partial charge in [0.05, 0.1) is 5.69 Å². The van der Waals surface area contributed by atoms with Crippen LogP contribution in [0.4, 0.5) is 4.79 Å². The number of nitrogens with one attached hydrogen (secondary N) is 2. The summed E-state index contributed by atoms with van der Waals surface area (Å²) in [6, 6.07) is 12.3. The molecule has 1 saturated heterocycles. The summed E-state index contributed by atoms with van der Waals surface area (Å²) in [7, 11) is 0. The molecule has 0 unspecified atom stereocenters. The summed E-state index contributed by atoms with van der Waals surface area (Å²) < 4.78 is 5.67. The zero-order chi connectivity index (χ0) is 15.4. The predicted molar refractivity (Wildman–Crippen MR) is 79.7 cm³/mol. The number of ether oxygens (including phenoxy) is 1. The maximum absolute atomic E-state index is 11.5. The molecule has 1 aliphatic heterocycles. The molecule has 0 atom stereocenters. The Bertz CT molecular complexity index is 741. The van der Waals surface area contributed by atoms with Gasteiger partial charge in [-0.3, -0.25) is 15.1 Å². The van der Waals surface area contributed by atoms with E-state index in [4.69, 9.17) is 4.74 Å². The summed E-state index contributed by atoms with van der Waals surface area (Å²) in [6.07, 6.45) is 3.30. The molecule has 110 valence electrons. The number of aromatic nitrogens is 1. The first-order valence-corrected chi connectivity index (χ1v) is 6.67. The standard InChI is InChI=1S/C16H13N3O3/c20-15-14(18-16(21)19-15)9-11-4-3-6-13(8-11)22-10-12-5-1-2-7-17-12/h1-9H,10H2,(H2,18,19,20,21)/b14-9+. The third-order valence-electron chi connectivity index (χ3n) is 3.00. The topological polar surface area (TPSA) is 80.3 Å². The molecule has 2 N–H and O–H groups in total. The van der Waals surface area contributed by atoms with Crippen molar-refractivity contribution in [1.82, 2.24) is 15.6 Å². The lowest BCUT2D eigenvalue weighted by Gasteiger charge is -2.06. The van der Waals surface area contributed by atoms with Crippen LogP contribution in [0.25, 0.3) is 6.08 Å². The summed E-state index contributed by atoms with van der Waals surface area (Å²) in [4.78, 5) is 26.7. The van der Waals surface area contributed by atoms with Crippen molar-refractivity contribution in [2.24, 2.45) is 0 Å². The highest BCUT2D eigenvalue weighted by molar-refractivity contribution is 6.13. The van der Waals surface area contributed by atoms with Crippen molar-refractivity contribution >= 4 is 18.0 Å². The predicted octanol–water partition coefficient (Wildman–Crippen LogP) is 1.84.